The number of hydrogen-bond acceptors (Lipinski definition) is 5. The van der Waals surface area contributed by atoms with Crippen LogP contribution in [0.3, 0.4) is 0 Å². The number of carbonyl (C=O) groups is 1. The van der Waals surface area contributed by atoms with Crippen molar-refractivity contribution in [2.75, 3.05) is 30.4 Å². The number of nitrogens with zero attached hydrogens (tertiary/aromatic N) is 3. The SMILES string of the molecule is COc1cccc(NC(=O)[C@H]2CCCN(c3ccc(-c4ccc(C)cc4)nn3)C2)c1. The smallest absolute Gasteiger partial charge is 0.229 e. The first-order valence-corrected chi connectivity index (χ1v) is 10.2. The number of nitrogens with one attached hydrogen (secondary N) is 1. The highest BCUT2D eigenvalue weighted by Gasteiger charge is 2.27. The summed E-state index contributed by atoms with van der Waals surface area (Å²) < 4.78 is 5.23. The predicted molar refractivity (Wildman–Crippen MR) is 119 cm³/mol. The van der Waals surface area contributed by atoms with Gasteiger partial charge in [0.25, 0.3) is 0 Å². The molecule has 1 saturated heterocycles. The fraction of sp³-hybridized carbons (Fsp3) is 0.292. The van der Waals surface area contributed by atoms with Crippen molar-refractivity contribution in [1.82, 2.24) is 10.2 Å². The topological polar surface area (TPSA) is 67.3 Å². The summed E-state index contributed by atoms with van der Waals surface area (Å²) in [7, 11) is 1.62. The van der Waals surface area contributed by atoms with Crippen molar-refractivity contribution in [2.24, 2.45) is 5.92 Å². The van der Waals surface area contributed by atoms with Crippen LogP contribution in [0.4, 0.5) is 11.5 Å². The van der Waals surface area contributed by atoms with Gasteiger partial charge in [0.2, 0.25) is 5.91 Å². The Kier molecular flexibility index (Phi) is 5.93. The number of methoxy groups -OCH3 is 1. The molecule has 0 saturated carbocycles. The third kappa shape index (κ3) is 4.59. The Hall–Kier alpha value is -3.41. The van der Waals surface area contributed by atoms with E-state index in [1.165, 1.54) is 5.56 Å². The highest BCUT2D eigenvalue weighted by atomic mass is 16.5. The first kappa shape index (κ1) is 19.9. The van der Waals surface area contributed by atoms with E-state index in [1.54, 1.807) is 7.11 Å². The van der Waals surface area contributed by atoms with E-state index < -0.39 is 0 Å². The Balaban J connectivity index is 1.41. The van der Waals surface area contributed by atoms with Crippen LogP contribution >= 0.6 is 0 Å². The molecule has 154 valence electrons. The fourth-order valence-electron chi connectivity index (χ4n) is 3.72. The third-order valence-corrected chi connectivity index (χ3v) is 5.45. The highest BCUT2D eigenvalue weighted by molar-refractivity contribution is 5.93. The number of hydrogen-bond donors (Lipinski definition) is 1. The average molecular weight is 402 g/mol. The molecule has 30 heavy (non-hydrogen) atoms. The Morgan fingerprint density at radius 1 is 1.10 bits per heavy atom. The lowest BCUT2D eigenvalue weighted by atomic mass is 9.97. The van der Waals surface area contributed by atoms with Crippen molar-refractivity contribution in [3.05, 3.63) is 66.2 Å². The van der Waals surface area contributed by atoms with Gasteiger partial charge in [-0.25, -0.2) is 0 Å². The van der Waals surface area contributed by atoms with Crippen molar-refractivity contribution in [2.45, 2.75) is 19.8 Å². The van der Waals surface area contributed by atoms with Crippen LogP contribution in [-0.4, -0.2) is 36.3 Å². The minimum Gasteiger partial charge on any atom is -0.497 e. The molecule has 0 bridgehead atoms. The predicted octanol–water partition coefficient (Wildman–Crippen LogP) is 4.32. The molecule has 0 aliphatic carbocycles. The van der Waals surface area contributed by atoms with E-state index >= 15 is 0 Å². The van der Waals surface area contributed by atoms with Gasteiger partial charge in [0.05, 0.1) is 18.7 Å². The zero-order valence-corrected chi connectivity index (χ0v) is 17.3. The summed E-state index contributed by atoms with van der Waals surface area (Å²) in [5, 5.41) is 11.8. The molecule has 0 unspecified atom stereocenters. The highest BCUT2D eigenvalue weighted by Crippen LogP contribution is 2.25. The van der Waals surface area contributed by atoms with Crippen LogP contribution in [0.5, 0.6) is 5.75 Å². The number of carbonyl (C=O) groups excluding carboxylic acids is 1. The van der Waals surface area contributed by atoms with Crippen molar-refractivity contribution in [1.29, 1.82) is 0 Å². The second-order valence-electron chi connectivity index (χ2n) is 7.65. The first-order valence-electron chi connectivity index (χ1n) is 10.2. The second-order valence-corrected chi connectivity index (χ2v) is 7.65. The van der Waals surface area contributed by atoms with E-state index in [0.29, 0.717) is 6.54 Å². The normalized spacial score (nSPS) is 16.2. The van der Waals surface area contributed by atoms with Crippen molar-refractivity contribution >= 4 is 17.4 Å². The molecule has 2 heterocycles. The maximum absolute atomic E-state index is 12.8. The number of anilines is 2. The minimum atomic E-state index is -0.0940. The summed E-state index contributed by atoms with van der Waals surface area (Å²) in [4.78, 5) is 14.9. The van der Waals surface area contributed by atoms with Crippen LogP contribution in [0.1, 0.15) is 18.4 Å². The van der Waals surface area contributed by atoms with Crippen LogP contribution in [-0.2, 0) is 4.79 Å². The summed E-state index contributed by atoms with van der Waals surface area (Å²) in [5.74, 6) is 1.47. The van der Waals surface area contributed by atoms with Crippen molar-refractivity contribution in [3.8, 4) is 17.0 Å². The van der Waals surface area contributed by atoms with Crippen molar-refractivity contribution in [3.63, 3.8) is 0 Å². The van der Waals surface area contributed by atoms with Gasteiger partial charge < -0.3 is 15.0 Å². The molecule has 0 radical (unpaired) electrons. The Morgan fingerprint density at radius 2 is 1.93 bits per heavy atom. The lowest BCUT2D eigenvalue weighted by Crippen LogP contribution is -2.41. The molecule has 1 amide bonds. The second kappa shape index (κ2) is 8.95. The van der Waals surface area contributed by atoms with E-state index in [9.17, 15) is 4.79 Å². The van der Waals surface area contributed by atoms with Crippen LogP contribution in [0.25, 0.3) is 11.3 Å². The molecule has 1 fully saturated rings. The van der Waals surface area contributed by atoms with Crippen LogP contribution < -0.4 is 15.0 Å². The van der Waals surface area contributed by atoms with Crippen LogP contribution in [0.2, 0.25) is 0 Å². The van der Waals surface area contributed by atoms with Gasteiger partial charge in [-0.1, -0.05) is 35.9 Å². The molecule has 1 N–H and O–H groups in total. The number of rotatable bonds is 5. The van der Waals surface area contributed by atoms with Crippen LogP contribution in [0, 0.1) is 12.8 Å². The molecular formula is C24H26N4O2. The monoisotopic (exact) mass is 402 g/mol. The maximum atomic E-state index is 12.8. The van der Waals surface area contributed by atoms with E-state index in [1.807, 2.05) is 36.4 Å². The number of ether oxygens (including phenoxy) is 1. The first-order chi connectivity index (χ1) is 14.6. The average Bonchev–Trinajstić information content (AvgIpc) is 2.80. The molecular weight excluding hydrogens is 376 g/mol. The molecule has 4 rings (SSSR count). The molecule has 1 atom stereocenters. The lowest BCUT2D eigenvalue weighted by molar-refractivity contribution is -0.120. The summed E-state index contributed by atoms with van der Waals surface area (Å²) in [6.45, 7) is 3.58. The molecule has 1 aliphatic heterocycles. The Bertz CT molecular complexity index is 1000. The van der Waals surface area contributed by atoms with E-state index in [4.69, 9.17) is 4.74 Å². The molecule has 6 nitrogen and oxygen atoms in total. The van der Waals surface area contributed by atoms with E-state index in [2.05, 4.69) is 51.6 Å². The summed E-state index contributed by atoms with van der Waals surface area (Å²) in [6.07, 6.45) is 1.80. The van der Waals surface area contributed by atoms with Gasteiger partial charge in [-0.05, 0) is 44.0 Å². The third-order valence-electron chi connectivity index (χ3n) is 5.45. The number of piperidine rings is 1. The fourth-order valence-corrected chi connectivity index (χ4v) is 3.72. The van der Waals surface area contributed by atoms with Crippen LogP contribution in [0.15, 0.2) is 60.7 Å². The Morgan fingerprint density at radius 3 is 2.67 bits per heavy atom. The minimum absolute atomic E-state index is 0.0252. The molecule has 1 aromatic heterocycles. The molecule has 1 aliphatic rings. The lowest BCUT2D eigenvalue weighted by Gasteiger charge is -2.32. The zero-order valence-electron chi connectivity index (χ0n) is 17.3. The van der Waals surface area contributed by atoms with Gasteiger partial charge >= 0.3 is 0 Å². The molecule has 0 spiro atoms. The summed E-state index contributed by atoms with van der Waals surface area (Å²) >= 11 is 0. The van der Waals surface area contributed by atoms with Gasteiger partial charge in [0.15, 0.2) is 5.82 Å². The molecule has 3 aromatic rings. The largest absolute Gasteiger partial charge is 0.497 e. The molecule has 2 aromatic carbocycles. The standard InChI is InChI=1S/C24H26N4O2/c1-17-8-10-18(11-9-17)22-12-13-23(27-26-22)28-14-4-5-19(16-28)24(29)25-20-6-3-7-21(15-20)30-2/h3,6-13,15,19H,4-5,14,16H2,1-2H3,(H,25,29)/t19-/m0/s1. The quantitative estimate of drug-likeness (QED) is 0.689. The molecule has 6 heteroatoms. The van der Waals surface area contributed by atoms with Gasteiger partial charge in [-0.15, -0.1) is 10.2 Å². The summed E-state index contributed by atoms with van der Waals surface area (Å²) in [5.41, 5.74) is 3.87. The van der Waals surface area contributed by atoms with Gasteiger partial charge in [0.1, 0.15) is 5.75 Å². The number of aryl methyl sites for hydroxylation is 1. The van der Waals surface area contributed by atoms with Gasteiger partial charge in [-0.2, -0.15) is 0 Å². The van der Waals surface area contributed by atoms with E-state index in [0.717, 1.165) is 47.9 Å². The summed E-state index contributed by atoms with van der Waals surface area (Å²) in [6, 6.07) is 19.7. The van der Waals surface area contributed by atoms with E-state index in [-0.39, 0.29) is 11.8 Å². The Labute approximate surface area is 176 Å². The van der Waals surface area contributed by atoms with Gasteiger partial charge in [-0.3, -0.25) is 4.79 Å². The number of amides is 1. The number of benzene rings is 2. The van der Waals surface area contributed by atoms with Gasteiger partial charge in [0, 0.05) is 30.4 Å². The maximum Gasteiger partial charge on any atom is 0.229 e. The van der Waals surface area contributed by atoms with Crippen molar-refractivity contribution < 1.29 is 9.53 Å². The zero-order chi connectivity index (χ0) is 20.9. The number of aromatic nitrogens is 2.